The van der Waals surface area contributed by atoms with Crippen molar-refractivity contribution in [3.05, 3.63) is 53.4 Å². The topological polar surface area (TPSA) is 114 Å². The highest BCUT2D eigenvalue weighted by molar-refractivity contribution is 6.63. The fourth-order valence-electron chi connectivity index (χ4n) is 2.63. The summed E-state index contributed by atoms with van der Waals surface area (Å²) in [5.74, 6) is -0.620. The molecule has 0 aliphatic heterocycles. The van der Waals surface area contributed by atoms with Crippen molar-refractivity contribution in [3.8, 4) is 0 Å². The molecular formula is C21H25ClFN5O2. The van der Waals surface area contributed by atoms with Crippen LogP contribution in [0.4, 0.5) is 10.1 Å². The molecule has 0 radical (unpaired) electrons. The standard InChI is InChI=1S/C15H14FN5O.C6H11ClO/c1-8-4-9(2-3-10(8)16)5-19-15(22)14-13-12(20-7-21-14)11(17)6-18-13;1-6(2,3)4-5(7)8/h2-4,6-7,18H,5,17H2,1H3,(H,19,22);4H2,1-3H3. The van der Waals surface area contributed by atoms with Crippen LogP contribution in [-0.4, -0.2) is 26.1 Å². The smallest absolute Gasteiger partial charge is 0.272 e. The third-order valence-corrected chi connectivity index (χ3v) is 4.19. The van der Waals surface area contributed by atoms with Gasteiger partial charge in [-0.25, -0.2) is 14.4 Å². The van der Waals surface area contributed by atoms with Crippen molar-refractivity contribution in [1.29, 1.82) is 0 Å². The highest BCUT2D eigenvalue weighted by Crippen LogP contribution is 2.20. The van der Waals surface area contributed by atoms with Crippen LogP contribution >= 0.6 is 11.6 Å². The van der Waals surface area contributed by atoms with Gasteiger partial charge >= 0.3 is 0 Å². The van der Waals surface area contributed by atoms with Crippen molar-refractivity contribution in [2.24, 2.45) is 5.41 Å². The predicted molar refractivity (Wildman–Crippen MR) is 116 cm³/mol. The van der Waals surface area contributed by atoms with Gasteiger partial charge in [0, 0.05) is 19.2 Å². The van der Waals surface area contributed by atoms with E-state index in [0.29, 0.717) is 28.7 Å². The number of nitrogens with zero attached hydrogens (tertiary/aromatic N) is 2. The number of rotatable bonds is 4. The zero-order valence-corrected chi connectivity index (χ0v) is 18.1. The molecule has 1 aromatic carbocycles. The number of aromatic amines is 1. The molecule has 0 bridgehead atoms. The maximum Gasteiger partial charge on any atom is 0.272 e. The van der Waals surface area contributed by atoms with Crippen LogP contribution in [0.25, 0.3) is 11.0 Å². The first kappa shape index (κ1) is 23.3. The Balaban J connectivity index is 0.000000343. The van der Waals surface area contributed by atoms with Gasteiger partial charge in [0.05, 0.1) is 11.2 Å². The second kappa shape index (κ2) is 9.67. The maximum atomic E-state index is 13.2. The van der Waals surface area contributed by atoms with Crippen LogP contribution in [0.3, 0.4) is 0 Å². The third kappa shape index (κ3) is 6.52. The van der Waals surface area contributed by atoms with Gasteiger partial charge in [-0.3, -0.25) is 9.59 Å². The third-order valence-electron chi connectivity index (χ3n) is 4.05. The lowest BCUT2D eigenvalue weighted by molar-refractivity contribution is -0.113. The number of fused-ring (bicyclic) bond motifs is 1. The molecular weight excluding hydrogens is 409 g/mol. The summed E-state index contributed by atoms with van der Waals surface area (Å²) in [5, 5.41) is 2.50. The number of hydrogen-bond acceptors (Lipinski definition) is 5. The Kier molecular flexibility index (Phi) is 7.50. The lowest BCUT2D eigenvalue weighted by Gasteiger charge is -2.13. The first-order valence-electron chi connectivity index (χ1n) is 9.27. The normalized spacial score (nSPS) is 11.0. The molecule has 0 atom stereocenters. The second-order valence-corrected chi connectivity index (χ2v) is 8.47. The Hall–Kier alpha value is -3.00. The lowest BCUT2D eigenvalue weighted by Crippen LogP contribution is -2.24. The fourth-order valence-corrected chi connectivity index (χ4v) is 3.03. The molecule has 0 saturated heterocycles. The van der Waals surface area contributed by atoms with Gasteiger partial charge in [-0.1, -0.05) is 32.9 Å². The average Bonchev–Trinajstić information content (AvgIpc) is 3.02. The number of carbonyl (C=O) groups excluding carboxylic acids is 2. The number of anilines is 1. The van der Waals surface area contributed by atoms with Gasteiger partial charge in [-0.2, -0.15) is 0 Å². The maximum absolute atomic E-state index is 13.2. The van der Waals surface area contributed by atoms with E-state index in [9.17, 15) is 14.0 Å². The molecule has 0 unspecified atom stereocenters. The second-order valence-electron chi connectivity index (χ2n) is 8.05. The molecule has 0 spiro atoms. The van der Waals surface area contributed by atoms with Crippen LogP contribution in [0.2, 0.25) is 0 Å². The van der Waals surface area contributed by atoms with Crippen LogP contribution in [0.15, 0.2) is 30.7 Å². The molecule has 0 aliphatic rings. The van der Waals surface area contributed by atoms with Gasteiger partial charge in [0.1, 0.15) is 17.7 Å². The Labute approximate surface area is 179 Å². The minimum Gasteiger partial charge on any atom is -0.396 e. The van der Waals surface area contributed by atoms with Gasteiger partial charge in [0.15, 0.2) is 5.69 Å². The summed E-state index contributed by atoms with van der Waals surface area (Å²) >= 11 is 5.12. The SMILES string of the molecule is CC(C)(C)CC(=O)Cl.Cc1cc(CNC(=O)c2ncnc3c(N)c[nH]c23)ccc1F. The summed E-state index contributed by atoms with van der Waals surface area (Å²) in [5.41, 5.74) is 8.82. The van der Waals surface area contributed by atoms with E-state index in [4.69, 9.17) is 17.3 Å². The zero-order valence-electron chi connectivity index (χ0n) is 17.3. The number of hydrogen-bond donors (Lipinski definition) is 3. The highest BCUT2D eigenvalue weighted by atomic mass is 35.5. The number of halogens is 2. The van der Waals surface area contributed by atoms with Crippen molar-refractivity contribution in [3.63, 3.8) is 0 Å². The summed E-state index contributed by atoms with van der Waals surface area (Å²) in [7, 11) is 0. The first-order valence-corrected chi connectivity index (χ1v) is 9.65. The zero-order chi connectivity index (χ0) is 22.5. The van der Waals surface area contributed by atoms with Crippen molar-refractivity contribution in [2.75, 3.05) is 5.73 Å². The van der Waals surface area contributed by atoms with Gasteiger partial charge in [0.2, 0.25) is 5.24 Å². The molecule has 30 heavy (non-hydrogen) atoms. The minimum atomic E-state index is -0.351. The van der Waals surface area contributed by atoms with Crippen molar-refractivity contribution >= 4 is 39.5 Å². The monoisotopic (exact) mass is 433 g/mol. The molecule has 4 N–H and O–H groups in total. The number of aromatic nitrogens is 3. The Morgan fingerprint density at radius 1 is 1.27 bits per heavy atom. The van der Waals surface area contributed by atoms with Gasteiger partial charge in [0.25, 0.3) is 5.91 Å². The number of nitrogens with two attached hydrogens (primary N) is 1. The van der Waals surface area contributed by atoms with E-state index in [2.05, 4.69) is 20.3 Å². The van der Waals surface area contributed by atoms with Crippen molar-refractivity contribution in [2.45, 2.75) is 40.7 Å². The van der Waals surface area contributed by atoms with E-state index in [1.54, 1.807) is 25.3 Å². The molecule has 1 amide bonds. The molecule has 2 heterocycles. The van der Waals surface area contributed by atoms with E-state index in [-0.39, 0.29) is 34.6 Å². The summed E-state index contributed by atoms with van der Waals surface area (Å²) in [4.78, 5) is 33.4. The number of aryl methyl sites for hydroxylation is 1. The Morgan fingerprint density at radius 3 is 2.53 bits per heavy atom. The lowest BCUT2D eigenvalue weighted by atomic mass is 9.93. The summed E-state index contributed by atoms with van der Waals surface area (Å²) in [6.45, 7) is 7.89. The molecule has 0 aliphatic carbocycles. The molecule has 0 fully saturated rings. The quantitative estimate of drug-likeness (QED) is 0.536. The average molecular weight is 434 g/mol. The van der Waals surface area contributed by atoms with Gasteiger partial charge in [-0.05, 0) is 41.1 Å². The number of H-pyrrole nitrogens is 1. The van der Waals surface area contributed by atoms with E-state index in [1.807, 2.05) is 20.8 Å². The molecule has 0 saturated carbocycles. The Morgan fingerprint density at radius 2 is 1.97 bits per heavy atom. The summed E-state index contributed by atoms with van der Waals surface area (Å²) in [6.07, 6.45) is 3.32. The molecule has 7 nitrogen and oxygen atoms in total. The predicted octanol–water partition coefficient (Wildman–Crippen LogP) is 4.11. The number of amides is 1. The molecule has 9 heteroatoms. The summed E-state index contributed by atoms with van der Waals surface area (Å²) < 4.78 is 13.2. The van der Waals surface area contributed by atoms with Gasteiger partial charge < -0.3 is 16.0 Å². The molecule has 3 aromatic rings. The highest BCUT2D eigenvalue weighted by Gasteiger charge is 2.15. The fraction of sp³-hybridized carbons (Fsp3) is 0.333. The van der Waals surface area contributed by atoms with Crippen molar-refractivity contribution in [1.82, 2.24) is 20.3 Å². The largest absolute Gasteiger partial charge is 0.396 e. The number of nitrogen functional groups attached to an aromatic ring is 1. The number of nitrogens with one attached hydrogen (secondary N) is 2. The minimum absolute atomic E-state index is 0.0405. The molecule has 2 aromatic heterocycles. The van der Waals surface area contributed by atoms with Crippen molar-refractivity contribution < 1.29 is 14.0 Å². The number of carbonyl (C=O) groups is 2. The molecule has 160 valence electrons. The van der Waals surface area contributed by atoms with Crippen LogP contribution in [0.1, 0.15) is 48.8 Å². The van der Waals surface area contributed by atoms with E-state index in [0.717, 1.165) is 5.56 Å². The molecule has 3 rings (SSSR count). The van der Waals surface area contributed by atoms with E-state index < -0.39 is 0 Å². The van der Waals surface area contributed by atoms with Gasteiger partial charge in [-0.15, -0.1) is 0 Å². The first-order chi connectivity index (χ1) is 14.0. The van der Waals surface area contributed by atoms with Crippen LogP contribution in [0.5, 0.6) is 0 Å². The Bertz CT molecular complexity index is 1060. The summed E-state index contributed by atoms with van der Waals surface area (Å²) in [6, 6.07) is 4.70. The van der Waals surface area contributed by atoms with Crippen LogP contribution in [-0.2, 0) is 11.3 Å². The van der Waals surface area contributed by atoms with E-state index in [1.165, 1.54) is 12.4 Å². The van der Waals surface area contributed by atoms with Crippen LogP contribution < -0.4 is 11.1 Å². The van der Waals surface area contributed by atoms with E-state index >= 15 is 0 Å². The van der Waals surface area contributed by atoms with Crippen LogP contribution in [0, 0.1) is 18.2 Å². The number of benzene rings is 1.